The monoisotopic (exact) mass is 280 g/mol. The van der Waals surface area contributed by atoms with Gasteiger partial charge in [0.1, 0.15) is 0 Å². The summed E-state index contributed by atoms with van der Waals surface area (Å²) in [4.78, 5) is 11.9. The lowest BCUT2D eigenvalue weighted by Crippen LogP contribution is -2.06. The lowest BCUT2D eigenvalue weighted by Gasteiger charge is -2.09. The molecule has 0 fully saturated rings. The number of allylic oxidation sites excluding steroid dienone is 1. The quantitative estimate of drug-likeness (QED) is 0.549. The van der Waals surface area contributed by atoms with Crippen molar-refractivity contribution >= 4 is 21.7 Å². The van der Waals surface area contributed by atoms with Crippen molar-refractivity contribution in [2.24, 2.45) is 5.92 Å². The van der Waals surface area contributed by atoms with Crippen LogP contribution in [0.3, 0.4) is 0 Å². The molecule has 0 amide bonds. The van der Waals surface area contributed by atoms with E-state index in [-0.39, 0.29) is 5.78 Å². The van der Waals surface area contributed by atoms with E-state index < -0.39 is 0 Å². The third kappa shape index (κ3) is 3.93. The largest absolute Gasteiger partial charge is 0.294 e. The second-order valence-electron chi connectivity index (χ2n) is 3.92. The van der Waals surface area contributed by atoms with Crippen LogP contribution in [0.15, 0.2) is 41.4 Å². The Balaban J connectivity index is 2.64. The van der Waals surface area contributed by atoms with Gasteiger partial charge in [-0.15, -0.1) is 6.58 Å². The van der Waals surface area contributed by atoms with E-state index in [2.05, 4.69) is 29.4 Å². The van der Waals surface area contributed by atoms with Crippen LogP contribution < -0.4 is 0 Å². The van der Waals surface area contributed by atoms with Crippen LogP contribution in [0.1, 0.15) is 36.5 Å². The Labute approximate surface area is 106 Å². The van der Waals surface area contributed by atoms with Gasteiger partial charge in [-0.25, -0.2) is 0 Å². The Morgan fingerprint density at radius 2 is 2.06 bits per heavy atom. The number of carbonyl (C=O) groups is 1. The molecule has 0 aliphatic heterocycles. The summed E-state index contributed by atoms with van der Waals surface area (Å²) in [7, 11) is 0. The first-order valence-corrected chi connectivity index (χ1v) is 6.38. The van der Waals surface area contributed by atoms with Crippen molar-refractivity contribution < 1.29 is 4.79 Å². The maximum absolute atomic E-state index is 11.9. The summed E-state index contributed by atoms with van der Waals surface area (Å²) in [5, 5.41) is 0. The Morgan fingerprint density at radius 3 is 2.56 bits per heavy atom. The van der Waals surface area contributed by atoms with Gasteiger partial charge in [0.25, 0.3) is 0 Å². The zero-order chi connectivity index (χ0) is 12.0. The predicted molar refractivity (Wildman–Crippen MR) is 71.7 cm³/mol. The molecule has 1 nitrogen and oxygen atoms in total. The van der Waals surface area contributed by atoms with E-state index in [9.17, 15) is 4.79 Å². The normalized spacial score (nSPS) is 12.1. The summed E-state index contributed by atoms with van der Waals surface area (Å²) >= 11 is 3.36. The highest BCUT2D eigenvalue weighted by atomic mass is 79.9. The number of carbonyl (C=O) groups excluding carboxylic acids is 1. The highest BCUT2D eigenvalue weighted by molar-refractivity contribution is 9.10. The molecule has 0 radical (unpaired) electrons. The van der Waals surface area contributed by atoms with Crippen molar-refractivity contribution in [1.29, 1.82) is 0 Å². The van der Waals surface area contributed by atoms with Gasteiger partial charge in [-0.2, -0.15) is 0 Å². The van der Waals surface area contributed by atoms with Gasteiger partial charge in [-0.1, -0.05) is 47.5 Å². The molecule has 0 spiro atoms. The SMILES string of the molecule is C=C[C@@H](CCC)CC(=O)c1ccc(Br)cc1. The van der Waals surface area contributed by atoms with E-state index in [0.29, 0.717) is 12.3 Å². The first-order valence-electron chi connectivity index (χ1n) is 5.58. The Hall–Kier alpha value is -0.890. The van der Waals surface area contributed by atoms with Crippen LogP contribution >= 0.6 is 15.9 Å². The maximum Gasteiger partial charge on any atom is 0.163 e. The van der Waals surface area contributed by atoms with Crippen LogP contribution in [0.5, 0.6) is 0 Å². The fourth-order valence-electron chi connectivity index (χ4n) is 1.67. The lowest BCUT2D eigenvalue weighted by molar-refractivity contribution is 0.0967. The summed E-state index contributed by atoms with van der Waals surface area (Å²) in [6.07, 6.45) is 4.58. The zero-order valence-corrected chi connectivity index (χ0v) is 11.2. The second kappa shape index (κ2) is 6.64. The van der Waals surface area contributed by atoms with Crippen LogP contribution in [0.4, 0.5) is 0 Å². The molecule has 1 aromatic rings. The first kappa shape index (κ1) is 13.2. The first-order chi connectivity index (χ1) is 7.67. The third-order valence-electron chi connectivity index (χ3n) is 2.61. The van der Waals surface area contributed by atoms with Gasteiger partial charge in [0, 0.05) is 16.5 Å². The summed E-state index contributed by atoms with van der Waals surface area (Å²) < 4.78 is 0.998. The average Bonchev–Trinajstić information content (AvgIpc) is 2.29. The minimum Gasteiger partial charge on any atom is -0.294 e. The molecule has 16 heavy (non-hydrogen) atoms. The highest BCUT2D eigenvalue weighted by Crippen LogP contribution is 2.17. The summed E-state index contributed by atoms with van der Waals surface area (Å²) in [6.45, 7) is 5.91. The molecule has 0 bridgehead atoms. The second-order valence-corrected chi connectivity index (χ2v) is 4.83. The Kier molecular flexibility index (Phi) is 5.47. The topological polar surface area (TPSA) is 17.1 Å². The molecule has 0 N–H and O–H groups in total. The zero-order valence-electron chi connectivity index (χ0n) is 9.58. The van der Waals surface area contributed by atoms with Crippen molar-refractivity contribution in [3.63, 3.8) is 0 Å². The molecule has 0 heterocycles. The third-order valence-corrected chi connectivity index (χ3v) is 3.14. The van der Waals surface area contributed by atoms with Crippen LogP contribution in [-0.4, -0.2) is 5.78 Å². The molecular formula is C14H17BrO. The van der Waals surface area contributed by atoms with Crippen molar-refractivity contribution in [2.75, 3.05) is 0 Å². The van der Waals surface area contributed by atoms with Crippen LogP contribution in [0.2, 0.25) is 0 Å². The smallest absolute Gasteiger partial charge is 0.163 e. The van der Waals surface area contributed by atoms with Gasteiger partial charge in [-0.3, -0.25) is 4.79 Å². The molecule has 2 heteroatoms. The molecule has 1 aromatic carbocycles. The minimum absolute atomic E-state index is 0.200. The molecule has 0 aliphatic carbocycles. The molecule has 86 valence electrons. The van der Waals surface area contributed by atoms with Crippen LogP contribution in [-0.2, 0) is 0 Å². The number of hydrogen-bond acceptors (Lipinski definition) is 1. The standard InChI is InChI=1S/C14H17BrO/c1-3-5-11(4-2)10-14(16)12-6-8-13(15)9-7-12/h4,6-9,11H,2-3,5,10H2,1H3/t11-/m0/s1. The van der Waals surface area contributed by atoms with E-state index in [1.807, 2.05) is 30.3 Å². The van der Waals surface area contributed by atoms with Gasteiger partial charge >= 0.3 is 0 Å². The van der Waals surface area contributed by atoms with E-state index in [1.165, 1.54) is 0 Å². The van der Waals surface area contributed by atoms with Gasteiger partial charge in [0.15, 0.2) is 5.78 Å². The fraction of sp³-hybridized carbons (Fsp3) is 0.357. The van der Waals surface area contributed by atoms with E-state index in [1.54, 1.807) is 0 Å². The van der Waals surface area contributed by atoms with Gasteiger partial charge in [0.2, 0.25) is 0 Å². The van der Waals surface area contributed by atoms with E-state index in [4.69, 9.17) is 0 Å². The van der Waals surface area contributed by atoms with Gasteiger partial charge in [0.05, 0.1) is 0 Å². The average molecular weight is 281 g/mol. The van der Waals surface area contributed by atoms with Gasteiger partial charge in [-0.05, 0) is 24.5 Å². The predicted octanol–water partition coefficient (Wildman–Crippen LogP) is 4.62. The maximum atomic E-state index is 11.9. The van der Waals surface area contributed by atoms with Crippen molar-refractivity contribution in [2.45, 2.75) is 26.2 Å². The molecule has 0 unspecified atom stereocenters. The highest BCUT2D eigenvalue weighted by Gasteiger charge is 2.11. The van der Waals surface area contributed by atoms with Crippen molar-refractivity contribution in [3.05, 3.63) is 47.0 Å². The number of rotatable bonds is 6. The molecule has 0 aliphatic rings. The molecule has 0 saturated heterocycles. The minimum atomic E-state index is 0.200. The molecule has 0 saturated carbocycles. The number of ketones is 1. The Bertz CT molecular complexity index is 354. The molecular weight excluding hydrogens is 264 g/mol. The summed E-state index contributed by atoms with van der Waals surface area (Å²) in [5.74, 6) is 0.506. The Morgan fingerprint density at radius 1 is 1.44 bits per heavy atom. The lowest BCUT2D eigenvalue weighted by atomic mass is 9.94. The number of Topliss-reactive ketones (excluding diaryl/α,β-unsaturated/α-hetero) is 1. The number of halogens is 1. The van der Waals surface area contributed by atoms with E-state index in [0.717, 1.165) is 22.9 Å². The molecule has 1 rings (SSSR count). The van der Waals surface area contributed by atoms with Gasteiger partial charge < -0.3 is 0 Å². The number of benzene rings is 1. The van der Waals surface area contributed by atoms with E-state index >= 15 is 0 Å². The molecule has 0 aromatic heterocycles. The number of hydrogen-bond donors (Lipinski definition) is 0. The van der Waals surface area contributed by atoms with Crippen LogP contribution in [0.25, 0.3) is 0 Å². The summed E-state index contributed by atoms with van der Waals surface area (Å²) in [6, 6.07) is 7.52. The van der Waals surface area contributed by atoms with Crippen molar-refractivity contribution in [1.82, 2.24) is 0 Å². The fourth-order valence-corrected chi connectivity index (χ4v) is 1.93. The van der Waals surface area contributed by atoms with Crippen molar-refractivity contribution in [3.8, 4) is 0 Å². The summed E-state index contributed by atoms with van der Waals surface area (Å²) in [5.41, 5.74) is 0.783. The van der Waals surface area contributed by atoms with Crippen LogP contribution in [0, 0.1) is 5.92 Å². The molecule has 1 atom stereocenters.